The Balaban J connectivity index is 1.48. The molecule has 4 rings (SSSR count). The van der Waals surface area contributed by atoms with Gasteiger partial charge in [-0.25, -0.2) is 9.98 Å². The van der Waals surface area contributed by atoms with Crippen molar-refractivity contribution < 1.29 is 14.0 Å². The molecular weight excluding hydrogens is 398 g/mol. The highest BCUT2D eigenvalue weighted by atomic mass is 16.3. The number of guanidine groups is 1. The van der Waals surface area contributed by atoms with Gasteiger partial charge in [-0.2, -0.15) is 5.26 Å². The summed E-state index contributed by atoms with van der Waals surface area (Å²) < 4.78 is 5.24. The third kappa shape index (κ3) is 4.94. The van der Waals surface area contributed by atoms with Crippen molar-refractivity contribution in [2.75, 3.05) is 31.5 Å². The Morgan fingerprint density at radius 1 is 1.26 bits per heavy atom. The molecule has 2 aliphatic rings. The number of fused-ring (bicyclic) bond motifs is 1. The lowest BCUT2D eigenvalue weighted by molar-refractivity contribution is -0.140. The van der Waals surface area contributed by atoms with Crippen LogP contribution in [0.3, 0.4) is 0 Å². The van der Waals surface area contributed by atoms with Crippen molar-refractivity contribution in [2.24, 2.45) is 4.99 Å². The van der Waals surface area contributed by atoms with Gasteiger partial charge in [0.1, 0.15) is 11.6 Å². The number of aliphatic imine (C=N–C) groups is 1. The lowest BCUT2D eigenvalue weighted by atomic mass is 10.1. The summed E-state index contributed by atoms with van der Waals surface area (Å²) in [5.74, 6) is -0.0163. The van der Waals surface area contributed by atoms with Gasteiger partial charge >= 0.3 is 0 Å². The number of carbonyl (C=O) groups excluding carboxylic acids is 2. The van der Waals surface area contributed by atoms with E-state index in [1.54, 1.807) is 23.1 Å². The van der Waals surface area contributed by atoms with Crippen LogP contribution < -0.4 is 10.6 Å². The zero-order valence-electron chi connectivity index (χ0n) is 17.2. The Kier molecular flexibility index (Phi) is 6.31. The Morgan fingerprint density at radius 2 is 2.06 bits per heavy atom. The van der Waals surface area contributed by atoms with Crippen molar-refractivity contribution in [3.8, 4) is 6.19 Å². The van der Waals surface area contributed by atoms with Gasteiger partial charge in [-0.05, 0) is 50.3 Å². The van der Waals surface area contributed by atoms with Crippen LogP contribution in [-0.4, -0.2) is 64.8 Å². The highest BCUT2D eigenvalue weighted by molar-refractivity contribution is 5.98. The Hall–Kier alpha value is -3.61. The molecule has 1 unspecified atom stereocenters. The van der Waals surface area contributed by atoms with E-state index in [1.165, 1.54) is 6.39 Å². The zero-order chi connectivity index (χ0) is 21.6. The van der Waals surface area contributed by atoms with Crippen LogP contribution in [0, 0.1) is 11.5 Å². The molecule has 3 heterocycles. The lowest BCUT2D eigenvalue weighted by Crippen LogP contribution is -2.45. The minimum Gasteiger partial charge on any atom is -0.443 e. The van der Waals surface area contributed by atoms with Crippen molar-refractivity contribution in [1.82, 2.24) is 20.1 Å². The van der Waals surface area contributed by atoms with E-state index >= 15 is 0 Å². The standard InChI is InChI=1S/C21H25N7O3/c22-13-23-21(25-15-6-7-18-17(11-15)24-14-31-18)26-16-5-1-2-10-28(20(16)30)12-19(29)27-8-3-4-9-27/h6-7,11,14,16H,1-5,8-10,12H2,(H2,23,25,26). The number of anilines is 1. The molecule has 0 saturated carbocycles. The largest absolute Gasteiger partial charge is 0.443 e. The third-order valence-electron chi connectivity index (χ3n) is 5.59. The van der Waals surface area contributed by atoms with Crippen molar-refractivity contribution in [3.63, 3.8) is 0 Å². The van der Waals surface area contributed by atoms with Crippen molar-refractivity contribution >= 4 is 34.6 Å². The van der Waals surface area contributed by atoms with Crippen molar-refractivity contribution in [3.05, 3.63) is 24.6 Å². The highest BCUT2D eigenvalue weighted by Crippen LogP contribution is 2.19. The quantitative estimate of drug-likeness (QED) is 0.331. The maximum Gasteiger partial charge on any atom is 0.247 e. The first-order chi connectivity index (χ1) is 15.1. The fraction of sp³-hybridized carbons (Fsp3) is 0.476. The molecule has 10 heteroatoms. The molecule has 0 bridgehead atoms. The molecule has 1 atom stereocenters. The number of nitrogens with zero attached hydrogens (tertiary/aromatic N) is 5. The molecule has 162 valence electrons. The molecule has 1 aromatic heterocycles. The smallest absolute Gasteiger partial charge is 0.247 e. The Morgan fingerprint density at radius 3 is 2.87 bits per heavy atom. The molecule has 2 amide bonds. The van der Waals surface area contributed by atoms with E-state index in [-0.39, 0.29) is 24.3 Å². The lowest BCUT2D eigenvalue weighted by Gasteiger charge is -2.25. The summed E-state index contributed by atoms with van der Waals surface area (Å²) in [6, 6.07) is 4.64. The Bertz CT molecular complexity index is 1020. The summed E-state index contributed by atoms with van der Waals surface area (Å²) in [7, 11) is 0. The van der Waals surface area contributed by atoms with Crippen LogP contribution in [0.15, 0.2) is 34.0 Å². The van der Waals surface area contributed by atoms with Crippen LogP contribution in [0.25, 0.3) is 11.1 Å². The van der Waals surface area contributed by atoms with Gasteiger partial charge in [0.15, 0.2) is 18.2 Å². The summed E-state index contributed by atoms with van der Waals surface area (Å²) in [6.07, 6.45) is 7.45. The summed E-state index contributed by atoms with van der Waals surface area (Å²) in [5, 5.41) is 14.7. The van der Waals surface area contributed by atoms with Gasteiger partial charge in [0.2, 0.25) is 17.8 Å². The number of benzene rings is 1. The second-order valence-electron chi connectivity index (χ2n) is 7.73. The second-order valence-corrected chi connectivity index (χ2v) is 7.73. The van der Waals surface area contributed by atoms with Crippen LogP contribution in [0.4, 0.5) is 5.69 Å². The van der Waals surface area contributed by atoms with Crippen molar-refractivity contribution in [2.45, 2.75) is 38.1 Å². The number of nitriles is 1. The minimum absolute atomic E-state index is 0.00936. The molecule has 1 aromatic carbocycles. The fourth-order valence-corrected chi connectivity index (χ4v) is 3.97. The summed E-state index contributed by atoms with van der Waals surface area (Å²) in [6.45, 7) is 2.15. The van der Waals surface area contributed by atoms with Gasteiger partial charge in [-0.15, -0.1) is 0 Å². The van der Waals surface area contributed by atoms with E-state index in [1.807, 2.05) is 11.1 Å². The van der Waals surface area contributed by atoms with Crippen LogP contribution in [0.2, 0.25) is 0 Å². The van der Waals surface area contributed by atoms with Gasteiger partial charge < -0.3 is 19.5 Å². The highest BCUT2D eigenvalue weighted by Gasteiger charge is 2.30. The number of amides is 2. The number of carbonyl (C=O) groups is 2. The molecule has 10 nitrogen and oxygen atoms in total. The maximum absolute atomic E-state index is 13.1. The molecular formula is C21H25N7O3. The fourth-order valence-electron chi connectivity index (χ4n) is 3.97. The van der Waals surface area contributed by atoms with Crippen LogP contribution in [0.5, 0.6) is 0 Å². The first-order valence-corrected chi connectivity index (χ1v) is 10.5. The molecule has 2 N–H and O–H groups in total. The van der Waals surface area contributed by atoms with Gasteiger partial charge in [-0.3, -0.25) is 14.9 Å². The monoisotopic (exact) mass is 423 g/mol. The van der Waals surface area contributed by atoms with Crippen LogP contribution in [0.1, 0.15) is 32.1 Å². The number of oxazole rings is 1. The second kappa shape index (κ2) is 9.47. The zero-order valence-corrected chi connectivity index (χ0v) is 17.2. The predicted molar refractivity (Wildman–Crippen MR) is 114 cm³/mol. The van der Waals surface area contributed by atoms with E-state index in [0.717, 1.165) is 38.8 Å². The van der Waals surface area contributed by atoms with E-state index in [0.29, 0.717) is 29.8 Å². The number of hydrogen-bond acceptors (Lipinski definition) is 6. The van der Waals surface area contributed by atoms with Crippen LogP contribution >= 0.6 is 0 Å². The van der Waals surface area contributed by atoms with Gasteiger partial charge in [-0.1, -0.05) is 0 Å². The number of nitrogens with one attached hydrogen (secondary N) is 2. The number of likely N-dealkylation sites (tertiary alicyclic amines) is 2. The molecule has 2 saturated heterocycles. The van der Waals surface area contributed by atoms with Crippen LogP contribution in [-0.2, 0) is 9.59 Å². The van der Waals surface area contributed by atoms with Crippen molar-refractivity contribution in [1.29, 1.82) is 5.26 Å². The average Bonchev–Trinajstić information content (AvgIpc) is 3.43. The SMILES string of the molecule is N#CNC(=NC1CCCCN(CC(=O)N2CCCC2)C1=O)Nc1ccc2ocnc2c1. The maximum atomic E-state index is 13.1. The normalized spacial score (nSPS) is 19.9. The number of rotatable bonds is 4. The van der Waals surface area contributed by atoms with E-state index in [2.05, 4.69) is 20.6 Å². The predicted octanol–water partition coefficient (Wildman–Crippen LogP) is 1.67. The molecule has 2 aliphatic heterocycles. The third-order valence-corrected chi connectivity index (χ3v) is 5.59. The molecule has 2 fully saturated rings. The molecule has 2 aromatic rings. The number of hydrogen-bond donors (Lipinski definition) is 2. The molecule has 31 heavy (non-hydrogen) atoms. The minimum atomic E-state index is -0.659. The van der Waals surface area contributed by atoms with E-state index in [9.17, 15) is 9.59 Å². The summed E-state index contributed by atoms with van der Waals surface area (Å²) in [4.78, 5) is 37.7. The molecule has 0 radical (unpaired) electrons. The average molecular weight is 423 g/mol. The molecule has 0 aliphatic carbocycles. The Labute approximate surface area is 179 Å². The molecule has 0 spiro atoms. The van der Waals surface area contributed by atoms with E-state index < -0.39 is 6.04 Å². The topological polar surface area (TPSA) is 127 Å². The number of aromatic nitrogens is 1. The summed E-state index contributed by atoms with van der Waals surface area (Å²) in [5.41, 5.74) is 1.97. The van der Waals surface area contributed by atoms with Gasteiger partial charge in [0, 0.05) is 25.3 Å². The first-order valence-electron chi connectivity index (χ1n) is 10.5. The first kappa shape index (κ1) is 20.7. The van der Waals surface area contributed by atoms with E-state index in [4.69, 9.17) is 9.68 Å². The van der Waals surface area contributed by atoms with Gasteiger partial charge in [0.25, 0.3) is 0 Å². The summed E-state index contributed by atoms with van der Waals surface area (Å²) >= 11 is 0. The van der Waals surface area contributed by atoms with Gasteiger partial charge in [0.05, 0.1) is 6.54 Å².